The predicted molar refractivity (Wildman–Crippen MR) is 55.9 cm³/mol. The molecule has 0 atom stereocenters. The molecule has 0 unspecified atom stereocenters. The van der Waals surface area contributed by atoms with Gasteiger partial charge < -0.3 is 0 Å². The van der Waals surface area contributed by atoms with Crippen molar-refractivity contribution in [2.24, 2.45) is 10.4 Å². The smallest absolute Gasteiger partial charge is 0.0585 e. The first kappa shape index (κ1) is 8.70. The fraction of sp³-hybridized carbons (Fsp3) is 0.545. The van der Waals surface area contributed by atoms with Crippen molar-refractivity contribution in [2.45, 2.75) is 13.8 Å². The van der Waals surface area contributed by atoms with Crippen LogP contribution in [0.15, 0.2) is 28.4 Å². The summed E-state index contributed by atoms with van der Waals surface area (Å²) < 4.78 is 0. The van der Waals surface area contributed by atoms with Crippen molar-refractivity contribution in [2.75, 3.05) is 20.1 Å². The first-order valence-corrected chi connectivity index (χ1v) is 4.72. The molecule has 2 heterocycles. The largest absolute Gasteiger partial charge is 0.296 e. The molecule has 0 saturated carbocycles. The highest BCUT2D eigenvalue weighted by Crippen LogP contribution is 2.25. The van der Waals surface area contributed by atoms with Crippen LogP contribution in [0.4, 0.5) is 0 Å². The van der Waals surface area contributed by atoms with Crippen molar-refractivity contribution in [1.82, 2.24) is 4.90 Å². The number of rotatable bonds is 0. The van der Waals surface area contributed by atoms with Crippen LogP contribution in [-0.2, 0) is 0 Å². The van der Waals surface area contributed by atoms with Crippen LogP contribution < -0.4 is 0 Å². The second kappa shape index (κ2) is 2.81. The highest BCUT2D eigenvalue weighted by Gasteiger charge is 2.21. The highest BCUT2D eigenvalue weighted by molar-refractivity contribution is 5.70. The highest BCUT2D eigenvalue weighted by atomic mass is 15.1. The SMILES string of the molecule is CN1CC2=C(C1)N=CC(C)(C)C=C2. The number of hydrogen-bond acceptors (Lipinski definition) is 2. The second-order valence-corrected chi connectivity index (χ2v) is 4.56. The monoisotopic (exact) mass is 176 g/mol. The summed E-state index contributed by atoms with van der Waals surface area (Å²) in [5.41, 5.74) is 2.73. The van der Waals surface area contributed by atoms with Crippen LogP contribution in [0.1, 0.15) is 13.8 Å². The van der Waals surface area contributed by atoms with Gasteiger partial charge in [0.25, 0.3) is 0 Å². The van der Waals surface area contributed by atoms with E-state index in [9.17, 15) is 0 Å². The zero-order valence-electron chi connectivity index (χ0n) is 8.54. The molecular weight excluding hydrogens is 160 g/mol. The molecule has 0 aromatic carbocycles. The summed E-state index contributed by atoms with van der Waals surface area (Å²) in [7, 11) is 2.13. The summed E-state index contributed by atoms with van der Waals surface area (Å²) >= 11 is 0. The van der Waals surface area contributed by atoms with E-state index in [0.717, 1.165) is 13.1 Å². The maximum atomic E-state index is 4.54. The first-order valence-electron chi connectivity index (χ1n) is 4.72. The van der Waals surface area contributed by atoms with E-state index in [4.69, 9.17) is 0 Å². The summed E-state index contributed by atoms with van der Waals surface area (Å²) in [6.45, 7) is 6.39. The van der Waals surface area contributed by atoms with Gasteiger partial charge in [0.1, 0.15) is 0 Å². The Kier molecular flexibility index (Phi) is 1.88. The summed E-state index contributed by atoms with van der Waals surface area (Å²) in [4.78, 5) is 6.82. The minimum atomic E-state index is 0.114. The van der Waals surface area contributed by atoms with Crippen LogP contribution in [-0.4, -0.2) is 31.3 Å². The lowest BCUT2D eigenvalue weighted by Gasteiger charge is -2.12. The molecular formula is C11H16N2. The predicted octanol–water partition coefficient (Wildman–Crippen LogP) is 1.85. The van der Waals surface area contributed by atoms with Crippen molar-refractivity contribution in [3.05, 3.63) is 23.4 Å². The Morgan fingerprint density at radius 1 is 1.38 bits per heavy atom. The minimum Gasteiger partial charge on any atom is -0.296 e. The average molecular weight is 176 g/mol. The van der Waals surface area contributed by atoms with E-state index in [-0.39, 0.29) is 5.41 Å². The van der Waals surface area contributed by atoms with Crippen molar-refractivity contribution in [1.29, 1.82) is 0 Å². The van der Waals surface area contributed by atoms with E-state index in [1.54, 1.807) is 0 Å². The standard InChI is InChI=1S/C11H16N2/c1-11(2)5-4-9-6-13(3)7-10(9)12-8-11/h4-5,8H,6-7H2,1-3H3. The van der Waals surface area contributed by atoms with Crippen molar-refractivity contribution >= 4 is 6.21 Å². The van der Waals surface area contributed by atoms with Crippen LogP contribution >= 0.6 is 0 Å². The van der Waals surface area contributed by atoms with E-state index in [1.165, 1.54) is 11.3 Å². The molecule has 0 aromatic rings. The summed E-state index contributed by atoms with van der Waals surface area (Å²) in [5, 5.41) is 0. The molecule has 2 heteroatoms. The Bertz CT molecular complexity index is 280. The van der Waals surface area contributed by atoms with Gasteiger partial charge in [-0.3, -0.25) is 9.89 Å². The van der Waals surface area contributed by atoms with Crippen LogP contribution in [0.25, 0.3) is 0 Å². The van der Waals surface area contributed by atoms with E-state index >= 15 is 0 Å². The second-order valence-electron chi connectivity index (χ2n) is 4.56. The van der Waals surface area contributed by atoms with Gasteiger partial charge in [-0.2, -0.15) is 0 Å². The summed E-state index contributed by atoms with van der Waals surface area (Å²) in [6.07, 6.45) is 6.51. The lowest BCUT2D eigenvalue weighted by Crippen LogP contribution is -2.15. The third kappa shape index (κ3) is 1.73. The molecule has 0 aromatic heterocycles. The normalized spacial score (nSPS) is 26.4. The molecule has 2 rings (SSSR count). The maximum Gasteiger partial charge on any atom is 0.0585 e. The lowest BCUT2D eigenvalue weighted by molar-refractivity contribution is 0.425. The van der Waals surface area contributed by atoms with Gasteiger partial charge in [0.2, 0.25) is 0 Å². The molecule has 2 aliphatic rings. The zero-order valence-corrected chi connectivity index (χ0v) is 8.54. The molecule has 0 aliphatic carbocycles. The molecule has 0 fully saturated rings. The third-order valence-electron chi connectivity index (χ3n) is 2.50. The topological polar surface area (TPSA) is 15.6 Å². The van der Waals surface area contributed by atoms with Crippen LogP contribution in [0, 0.1) is 5.41 Å². The lowest BCUT2D eigenvalue weighted by atomic mass is 9.94. The van der Waals surface area contributed by atoms with Gasteiger partial charge in [0.15, 0.2) is 0 Å². The molecule has 0 radical (unpaired) electrons. The number of nitrogens with zero attached hydrogens (tertiary/aromatic N) is 2. The molecule has 13 heavy (non-hydrogen) atoms. The average Bonchev–Trinajstić information content (AvgIpc) is 2.34. The first-order chi connectivity index (χ1) is 6.07. The van der Waals surface area contributed by atoms with Crippen molar-refractivity contribution in [3.8, 4) is 0 Å². The molecule has 2 nitrogen and oxygen atoms in total. The number of hydrogen-bond donors (Lipinski definition) is 0. The van der Waals surface area contributed by atoms with Gasteiger partial charge in [-0.15, -0.1) is 0 Å². The van der Waals surface area contributed by atoms with Gasteiger partial charge in [0, 0.05) is 24.7 Å². The molecule has 70 valence electrons. The van der Waals surface area contributed by atoms with Gasteiger partial charge in [0.05, 0.1) is 5.70 Å². The summed E-state index contributed by atoms with van der Waals surface area (Å²) in [6, 6.07) is 0. The molecule has 0 amide bonds. The Morgan fingerprint density at radius 3 is 2.92 bits per heavy atom. The quantitative estimate of drug-likeness (QED) is 0.550. The Balaban J connectivity index is 2.29. The third-order valence-corrected chi connectivity index (χ3v) is 2.50. The number of allylic oxidation sites excluding steroid dienone is 1. The van der Waals surface area contributed by atoms with Crippen molar-refractivity contribution in [3.63, 3.8) is 0 Å². The Morgan fingerprint density at radius 2 is 2.15 bits per heavy atom. The fourth-order valence-electron chi connectivity index (χ4n) is 1.67. The molecule has 2 aliphatic heterocycles. The van der Waals surface area contributed by atoms with E-state index < -0.39 is 0 Å². The summed E-state index contributed by atoms with van der Waals surface area (Å²) in [5.74, 6) is 0. The van der Waals surface area contributed by atoms with Gasteiger partial charge in [-0.05, 0) is 12.6 Å². The van der Waals surface area contributed by atoms with Gasteiger partial charge in [-0.1, -0.05) is 26.0 Å². The Hall–Kier alpha value is -0.890. The van der Waals surface area contributed by atoms with Gasteiger partial charge >= 0.3 is 0 Å². The maximum absolute atomic E-state index is 4.54. The molecule has 0 bridgehead atoms. The van der Waals surface area contributed by atoms with E-state index in [2.05, 4.69) is 42.9 Å². The fourth-order valence-corrected chi connectivity index (χ4v) is 1.67. The van der Waals surface area contributed by atoms with Crippen LogP contribution in [0.5, 0.6) is 0 Å². The zero-order chi connectivity index (χ0) is 9.47. The minimum absolute atomic E-state index is 0.114. The van der Waals surface area contributed by atoms with Crippen LogP contribution in [0.2, 0.25) is 0 Å². The van der Waals surface area contributed by atoms with Crippen LogP contribution in [0.3, 0.4) is 0 Å². The van der Waals surface area contributed by atoms with E-state index in [0.29, 0.717) is 0 Å². The van der Waals surface area contributed by atoms with E-state index in [1.807, 2.05) is 6.21 Å². The molecule has 0 N–H and O–H groups in total. The van der Waals surface area contributed by atoms with Crippen molar-refractivity contribution < 1.29 is 0 Å². The molecule has 0 spiro atoms. The molecule has 0 saturated heterocycles. The number of likely N-dealkylation sites (N-methyl/N-ethyl adjacent to an activating group) is 1. The Labute approximate surface area is 79.7 Å². The number of aliphatic imine (C=N–C) groups is 1. The van der Waals surface area contributed by atoms with Gasteiger partial charge in [-0.25, -0.2) is 0 Å².